The van der Waals surface area contributed by atoms with Gasteiger partial charge in [-0.05, 0) is 37.6 Å². The Kier molecular flexibility index (Phi) is 5.37. The predicted octanol–water partition coefficient (Wildman–Crippen LogP) is 4.22. The maximum atomic E-state index is 11.7. The van der Waals surface area contributed by atoms with Gasteiger partial charge < -0.3 is 10.1 Å². The summed E-state index contributed by atoms with van der Waals surface area (Å²) in [6, 6.07) is 10.7. The number of nitrogens with one attached hydrogen (secondary N) is 1. The van der Waals surface area contributed by atoms with Gasteiger partial charge >= 0.3 is 6.09 Å². The largest absolute Gasteiger partial charge is 0.465 e. The molecule has 0 aliphatic rings. The number of fused-ring (bicyclic) bond motifs is 1. The minimum absolute atomic E-state index is 0.183. The van der Waals surface area contributed by atoms with Crippen molar-refractivity contribution in [1.29, 1.82) is 5.26 Å². The van der Waals surface area contributed by atoms with E-state index in [-0.39, 0.29) is 18.5 Å². The molecule has 0 saturated heterocycles. The quantitative estimate of drug-likeness (QED) is 0.486. The first-order valence-corrected chi connectivity index (χ1v) is 9.81. The second-order valence-corrected chi connectivity index (χ2v) is 7.39. The van der Waals surface area contributed by atoms with Crippen LogP contribution in [0.4, 0.5) is 10.5 Å². The fraction of sp³-hybridized carbons (Fsp3) is 0.227. The van der Waals surface area contributed by atoms with Crippen molar-refractivity contribution in [2.24, 2.45) is 0 Å². The van der Waals surface area contributed by atoms with Crippen molar-refractivity contribution < 1.29 is 9.90 Å². The average molecular weight is 415 g/mol. The lowest BCUT2D eigenvalue weighted by molar-refractivity contribution is 0.200. The molecule has 0 saturated carbocycles. The summed E-state index contributed by atoms with van der Waals surface area (Å²) in [4.78, 5) is 24.7. The van der Waals surface area contributed by atoms with E-state index in [1.807, 2.05) is 32.2 Å². The summed E-state index contributed by atoms with van der Waals surface area (Å²) in [7, 11) is 0. The van der Waals surface area contributed by atoms with Crippen molar-refractivity contribution >= 4 is 22.8 Å². The minimum atomic E-state index is -1.02. The van der Waals surface area contributed by atoms with Gasteiger partial charge in [-0.3, -0.25) is 9.58 Å². The Morgan fingerprint density at radius 3 is 2.90 bits per heavy atom. The molecule has 31 heavy (non-hydrogen) atoms. The lowest BCUT2D eigenvalue weighted by Gasteiger charge is -2.25. The van der Waals surface area contributed by atoms with Crippen molar-refractivity contribution in [1.82, 2.24) is 24.7 Å². The standard InChI is InChI=1S/C22H21N7O2/c1-14(2)29(22(30)31)17-5-3-4-15(10-17)19(6-8-23)28-12-16(11-27-28)20-18-7-9-24-21(18)26-13-25-20/h3-5,7,9-14,19H,6H2,1-2H3,(H,30,31)(H,24,25,26). The number of benzene rings is 1. The Bertz CT molecular complexity index is 1270. The summed E-state index contributed by atoms with van der Waals surface area (Å²) < 4.78 is 1.72. The number of amides is 1. The molecule has 0 radical (unpaired) electrons. The number of nitriles is 1. The highest BCUT2D eigenvalue weighted by atomic mass is 16.4. The number of aromatic amines is 1. The molecule has 0 bridgehead atoms. The molecule has 0 aliphatic carbocycles. The normalized spacial score (nSPS) is 12.1. The van der Waals surface area contributed by atoms with Crippen molar-refractivity contribution in [3.63, 3.8) is 0 Å². The molecule has 3 heterocycles. The zero-order valence-electron chi connectivity index (χ0n) is 17.1. The maximum Gasteiger partial charge on any atom is 0.412 e. The van der Waals surface area contributed by atoms with Crippen LogP contribution in [0, 0.1) is 11.3 Å². The van der Waals surface area contributed by atoms with Gasteiger partial charge in [0.1, 0.15) is 12.0 Å². The Morgan fingerprint density at radius 2 is 2.16 bits per heavy atom. The number of rotatable bonds is 6. The number of hydrogen-bond acceptors (Lipinski definition) is 5. The number of nitrogens with zero attached hydrogens (tertiary/aromatic N) is 6. The van der Waals surface area contributed by atoms with Crippen LogP contribution in [0.2, 0.25) is 0 Å². The molecule has 3 aromatic heterocycles. The Balaban J connectivity index is 1.73. The van der Waals surface area contributed by atoms with Crippen LogP contribution < -0.4 is 4.90 Å². The zero-order valence-corrected chi connectivity index (χ0v) is 17.1. The third-order valence-electron chi connectivity index (χ3n) is 5.09. The molecule has 1 unspecified atom stereocenters. The average Bonchev–Trinajstić information content (AvgIpc) is 3.41. The first-order valence-electron chi connectivity index (χ1n) is 9.81. The molecule has 1 atom stereocenters. The van der Waals surface area contributed by atoms with Gasteiger partial charge in [0.25, 0.3) is 0 Å². The highest BCUT2D eigenvalue weighted by Crippen LogP contribution is 2.30. The van der Waals surface area contributed by atoms with Gasteiger partial charge in [-0.25, -0.2) is 14.8 Å². The van der Waals surface area contributed by atoms with E-state index in [1.165, 1.54) is 11.2 Å². The number of carbonyl (C=O) groups is 1. The van der Waals surface area contributed by atoms with E-state index in [4.69, 9.17) is 0 Å². The van der Waals surface area contributed by atoms with Crippen molar-refractivity contribution in [3.05, 3.63) is 60.8 Å². The van der Waals surface area contributed by atoms with E-state index in [9.17, 15) is 15.2 Å². The molecular formula is C22H21N7O2. The molecule has 1 aromatic carbocycles. The summed E-state index contributed by atoms with van der Waals surface area (Å²) in [6.07, 6.45) is 6.02. The van der Waals surface area contributed by atoms with Crippen molar-refractivity contribution in [3.8, 4) is 17.3 Å². The van der Waals surface area contributed by atoms with Crippen LogP contribution in [0.25, 0.3) is 22.3 Å². The van der Waals surface area contributed by atoms with Crippen LogP contribution in [0.15, 0.2) is 55.2 Å². The predicted molar refractivity (Wildman–Crippen MR) is 116 cm³/mol. The summed E-state index contributed by atoms with van der Waals surface area (Å²) in [6.45, 7) is 3.63. The molecule has 4 aromatic rings. The van der Waals surface area contributed by atoms with Gasteiger partial charge in [0.15, 0.2) is 0 Å². The van der Waals surface area contributed by atoms with E-state index in [2.05, 4.69) is 26.1 Å². The number of carboxylic acid groups (broad SMARTS) is 1. The topological polar surface area (TPSA) is 124 Å². The highest BCUT2D eigenvalue weighted by molar-refractivity contribution is 5.90. The monoisotopic (exact) mass is 415 g/mol. The van der Waals surface area contributed by atoms with Crippen LogP contribution in [-0.4, -0.2) is 42.0 Å². The Hall–Kier alpha value is -4.19. The second kappa shape index (κ2) is 8.28. The van der Waals surface area contributed by atoms with Crippen LogP contribution in [0.3, 0.4) is 0 Å². The van der Waals surface area contributed by atoms with Gasteiger partial charge in [0.2, 0.25) is 0 Å². The molecular weight excluding hydrogens is 394 g/mol. The maximum absolute atomic E-state index is 11.7. The van der Waals surface area contributed by atoms with E-state index < -0.39 is 6.09 Å². The molecule has 0 spiro atoms. The number of anilines is 1. The second-order valence-electron chi connectivity index (χ2n) is 7.39. The van der Waals surface area contributed by atoms with Crippen LogP contribution in [0.5, 0.6) is 0 Å². The van der Waals surface area contributed by atoms with Gasteiger partial charge in [-0.1, -0.05) is 12.1 Å². The summed E-state index contributed by atoms with van der Waals surface area (Å²) >= 11 is 0. The summed E-state index contributed by atoms with van der Waals surface area (Å²) in [5.41, 5.74) is 3.65. The highest BCUT2D eigenvalue weighted by Gasteiger charge is 2.21. The number of hydrogen-bond donors (Lipinski definition) is 2. The van der Waals surface area contributed by atoms with E-state index in [0.717, 1.165) is 27.9 Å². The molecule has 4 rings (SSSR count). The third kappa shape index (κ3) is 3.83. The van der Waals surface area contributed by atoms with Gasteiger partial charge in [0, 0.05) is 35.1 Å². The lowest BCUT2D eigenvalue weighted by Crippen LogP contribution is -2.35. The van der Waals surface area contributed by atoms with E-state index in [1.54, 1.807) is 35.3 Å². The molecule has 9 nitrogen and oxygen atoms in total. The van der Waals surface area contributed by atoms with Crippen LogP contribution in [0.1, 0.15) is 31.9 Å². The number of H-pyrrole nitrogens is 1. The molecule has 2 N–H and O–H groups in total. The molecule has 9 heteroatoms. The van der Waals surface area contributed by atoms with Crippen molar-refractivity contribution in [2.45, 2.75) is 32.4 Å². The smallest absolute Gasteiger partial charge is 0.412 e. The summed E-state index contributed by atoms with van der Waals surface area (Å²) in [5, 5.41) is 24.4. The first-order chi connectivity index (χ1) is 15.0. The SMILES string of the molecule is CC(C)N(C(=O)O)c1cccc(C(CC#N)n2cc(-c3ncnc4[nH]ccc34)cn2)c1. The summed E-state index contributed by atoms with van der Waals surface area (Å²) in [5.74, 6) is 0. The van der Waals surface area contributed by atoms with E-state index >= 15 is 0 Å². The van der Waals surface area contributed by atoms with Crippen molar-refractivity contribution in [2.75, 3.05) is 4.90 Å². The molecule has 0 fully saturated rings. The molecule has 156 valence electrons. The fourth-order valence-electron chi connectivity index (χ4n) is 3.70. The molecule has 0 aliphatic heterocycles. The van der Waals surface area contributed by atoms with E-state index in [0.29, 0.717) is 5.69 Å². The van der Waals surface area contributed by atoms with Crippen LogP contribution >= 0.6 is 0 Å². The van der Waals surface area contributed by atoms with Gasteiger partial charge in [0.05, 0.1) is 30.4 Å². The lowest BCUT2D eigenvalue weighted by atomic mass is 10.0. The Labute approximate surface area is 178 Å². The fourth-order valence-corrected chi connectivity index (χ4v) is 3.70. The minimum Gasteiger partial charge on any atom is -0.465 e. The van der Waals surface area contributed by atoms with Crippen LogP contribution in [-0.2, 0) is 0 Å². The number of aromatic nitrogens is 5. The molecule has 1 amide bonds. The zero-order chi connectivity index (χ0) is 22.0. The Morgan fingerprint density at radius 1 is 1.32 bits per heavy atom. The van der Waals surface area contributed by atoms with Gasteiger partial charge in [-0.2, -0.15) is 10.4 Å². The third-order valence-corrected chi connectivity index (χ3v) is 5.09. The first kappa shape index (κ1) is 20.1. The van der Waals surface area contributed by atoms with Gasteiger partial charge in [-0.15, -0.1) is 0 Å².